The van der Waals surface area contributed by atoms with Crippen molar-refractivity contribution in [3.8, 4) is 0 Å². The minimum Gasteiger partial charge on any atom is -0.394 e. The number of aliphatic hydroxyl groups is 1. The normalized spacial score (nSPS) is 11.7. The van der Waals surface area contributed by atoms with Gasteiger partial charge >= 0.3 is 6.03 Å². The fourth-order valence-electron chi connectivity index (χ4n) is 1.32. The molecule has 1 aromatic rings. The number of nitrogens with two attached hydrogens (primary N) is 1. The van der Waals surface area contributed by atoms with Gasteiger partial charge in [-0.2, -0.15) is 0 Å². The maximum atomic E-state index is 11.7. The minimum absolute atomic E-state index is 0.105. The van der Waals surface area contributed by atoms with E-state index in [1.807, 2.05) is 0 Å². The lowest BCUT2D eigenvalue weighted by Gasteiger charge is -2.11. The van der Waals surface area contributed by atoms with Crippen LogP contribution in [-0.2, 0) is 6.54 Å². The minimum atomic E-state index is -0.589. The van der Waals surface area contributed by atoms with E-state index in [0.29, 0.717) is 12.1 Å². The first-order chi connectivity index (χ1) is 8.52. The van der Waals surface area contributed by atoms with Crippen molar-refractivity contribution in [2.24, 2.45) is 5.73 Å². The zero-order valence-electron chi connectivity index (χ0n) is 10.1. The number of rotatable bonds is 5. The molecule has 0 aliphatic carbocycles. The van der Waals surface area contributed by atoms with Gasteiger partial charge in [0, 0.05) is 18.2 Å². The van der Waals surface area contributed by atoms with Gasteiger partial charge in [-0.25, -0.2) is 4.79 Å². The number of carbonyl (C=O) groups excluding carboxylic acids is 2. The van der Waals surface area contributed by atoms with Gasteiger partial charge in [0.05, 0.1) is 6.61 Å². The molecule has 1 aromatic carbocycles. The molecule has 1 atom stereocenters. The summed E-state index contributed by atoms with van der Waals surface area (Å²) in [6.45, 7) is 1.93. The Morgan fingerprint density at radius 2 is 1.94 bits per heavy atom. The fourth-order valence-corrected chi connectivity index (χ4v) is 1.32. The first-order valence-corrected chi connectivity index (χ1v) is 5.57. The molecule has 5 N–H and O–H groups in total. The summed E-state index contributed by atoms with van der Waals surface area (Å²) in [5, 5.41) is 13.9. The number of amides is 3. The summed E-state index contributed by atoms with van der Waals surface area (Å²) in [5.41, 5.74) is 6.30. The van der Waals surface area contributed by atoms with E-state index in [2.05, 4.69) is 10.6 Å². The Kier molecular flexibility index (Phi) is 5.13. The van der Waals surface area contributed by atoms with Crippen molar-refractivity contribution >= 4 is 11.9 Å². The van der Waals surface area contributed by atoms with Crippen molar-refractivity contribution in [1.82, 2.24) is 10.6 Å². The van der Waals surface area contributed by atoms with Crippen molar-refractivity contribution in [2.75, 3.05) is 6.61 Å². The van der Waals surface area contributed by atoms with Crippen LogP contribution in [0.15, 0.2) is 24.3 Å². The zero-order chi connectivity index (χ0) is 13.5. The van der Waals surface area contributed by atoms with Crippen LogP contribution < -0.4 is 16.4 Å². The quantitative estimate of drug-likeness (QED) is 0.590. The first kappa shape index (κ1) is 14.0. The molecule has 0 radical (unpaired) electrons. The molecule has 1 rings (SSSR count). The molecule has 0 spiro atoms. The average molecular weight is 251 g/mol. The summed E-state index contributed by atoms with van der Waals surface area (Å²) in [6, 6.07) is 5.89. The third-order valence-corrected chi connectivity index (χ3v) is 2.33. The Balaban J connectivity index is 2.59. The van der Waals surface area contributed by atoms with Gasteiger partial charge in [-0.1, -0.05) is 12.1 Å². The highest BCUT2D eigenvalue weighted by Crippen LogP contribution is 2.04. The van der Waals surface area contributed by atoms with Crippen molar-refractivity contribution < 1.29 is 14.7 Å². The van der Waals surface area contributed by atoms with Crippen LogP contribution in [-0.4, -0.2) is 29.7 Å². The molecular formula is C12H17N3O3. The highest BCUT2D eigenvalue weighted by Gasteiger charge is 2.08. The monoisotopic (exact) mass is 251 g/mol. The standard InChI is InChI=1S/C12H17N3O3/c1-8(7-16)15-11(17)10-4-2-9(3-5-10)6-14-12(13)18/h2-5,8,16H,6-7H2,1H3,(H,15,17)(H3,13,14,18)/t8-/m0/s1. The molecule has 0 heterocycles. The SMILES string of the molecule is C[C@@H](CO)NC(=O)c1ccc(CNC(N)=O)cc1. The lowest BCUT2D eigenvalue weighted by Crippen LogP contribution is -2.35. The lowest BCUT2D eigenvalue weighted by atomic mass is 10.1. The van der Waals surface area contributed by atoms with E-state index in [4.69, 9.17) is 10.8 Å². The van der Waals surface area contributed by atoms with E-state index in [-0.39, 0.29) is 18.6 Å². The predicted octanol–water partition coefficient (Wildman–Crippen LogP) is -0.0345. The second-order valence-electron chi connectivity index (χ2n) is 3.97. The molecular weight excluding hydrogens is 234 g/mol. The van der Waals surface area contributed by atoms with E-state index in [1.54, 1.807) is 31.2 Å². The third kappa shape index (κ3) is 4.42. The van der Waals surface area contributed by atoms with E-state index in [0.717, 1.165) is 5.56 Å². The first-order valence-electron chi connectivity index (χ1n) is 5.57. The van der Waals surface area contributed by atoms with Gasteiger partial charge in [0.2, 0.25) is 0 Å². The highest BCUT2D eigenvalue weighted by molar-refractivity contribution is 5.94. The molecule has 0 bridgehead atoms. The number of benzene rings is 1. The average Bonchev–Trinajstić information content (AvgIpc) is 2.36. The molecule has 0 unspecified atom stereocenters. The summed E-state index contributed by atoms with van der Waals surface area (Å²) in [4.78, 5) is 22.2. The lowest BCUT2D eigenvalue weighted by molar-refractivity contribution is 0.0922. The highest BCUT2D eigenvalue weighted by atomic mass is 16.3. The summed E-state index contributed by atoms with van der Waals surface area (Å²) in [7, 11) is 0. The van der Waals surface area contributed by atoms with Crippen LogP contribution in [0.1, 0.15) is 22.8 Å². The molecule has 0 aromatic heterocycles. The molecule has 6 heteroatoms. The van der Waals surface area contributed by atoms with Crippen LogP contribution in [0.25, 0.3) is 0 Å². The molecule has 0 saturated heterocycles. The Labute approximate surface area is 105 Å². The Morgan fingerprint density at radius 1 is 1.33 bits per heavy atom. The van der Waals surface area contributed by atoms with Crippen LogP contribution in [0.2, 0.25) is 0 Å². The molecule has 18 heavy (non-hydrogen) atoms. The summed E-state index contributed by atoms with van der Waals surface area (Å²) >= 11 is 0. The summed E-state index contributed by atoms with van der Waals surface area (Å²) in [6.07, 6.45) is 0. The number of hydrogen-bond donors (Lipinski definition) is 4. The van der Waals surface area contributed by atoms with Crippen LogP contribution in [0, 0.1) is 0 Å². The Hall–Kier alpha value is -2.08. The number of aliphatic hydroxyl groups excluding tert-OH is 1. The zero-order valence-corrected chi connectivity index (χ0v) is 10.1. The Morgan fingerprint density at radius 3 is 2.44 bits per heavy atom. The molecule has 3 amide bonds. The number of urea groups is 1. The van der Waals surface area contributed by atoms with Crippen LogP contribution in [0.5, 0.6) is 0 Å². The van der Waals surface area contributed by atoms with Crippen molar-refractivity contribution in [1.29, 1.82) is 0 Å². The Bertz CT molecular complexity index is 417. The smallest absolute Gasteiger partial charge is 0.312 e. The van der Waals surface area contributed by atoms with E-state index in [1.165, 1.54) is 0 Å². The van der Waals surface area contributed by atoms with Gasteiger partial charge < -0.3 is 21.5 Å². The van der Waals surface area contributed by atoms with Crippen molar-refractivity contribution in [3.63, 3.8) is 0 Å². The third-order valence-electron chi connectivity index (χ3n) is 2.33. The van der Waals surface area contributed by atoms with Gasteiger partial charge in [-0.3, -0.25) is 4.79 Å². The fraction of sp³-hybridized carbons (Fsp3) is 0.333. The van der Waals surface area contributed by atoms with Crippen LogP contribution in [0.4, 0.5) is 4.79 Å². The molecule has 0 fully saturated rings. The number of nitrogens with one attached hydrogen (secondary N) is 2. The molecule has 98 valence electrons. The molecule has 0 aliphatic rings. The van der Waals surface area contributed by atoms with Crippen LogP contribution >= 0.6 is 0 Å². The largest absolute Gasteiger partial charge is 0.394 e. The number of hydrogen-bond acceptors (Lipinski definition) is 3. The molecule has 0 aliphatic heterocycles. The van der Waals surface area contributed by atoms with E-state index in [9.17, 15) is 9.59 Å². The van der Waals surface area contributed by atoms with Crippen molar-refractivity contribution in [2.45, 2.75) is 19.5 Å². The second-order valence-corrected chi connectivity index (χ2v) is 3.97. The molecule has 6 nitrogen and oxygen atoms in total. The van der Waals surface area contributed by atoms with Crippen molar-refractivity contribution in [3.05, 3.63) is 35.4 Å². The van der Waals surface area contributed by atoms with Gasteiger partial charge in [-0.15, -0.1) is 0 Å². The number of carbonyl (C=O) groups is 2. The predicted molar refractivity (Wildman–Crippen MR) is 66.9 cm³/mol. The van der Waals surface area contributed by atoms with Gasteiger partial charge in [0.1, 0.15) is 0 Å². The maximum Gasteiger partial charge on any atom is 0.312 e. The maximum absolute atomic E-state index is 11.7. The van der Waals surface area contributed by atoms with Crippen LogP contribution in [0.3, 0.4) is 0 Å². The van der Waals surface area contributed by atoms with E-state index >= 15 is 0 Å². The summed E-state index contributed by atoms with van der Waals surface area (Å²) < 4.78 is 0. The van der Waals surface area contributed by atoms with E-state index < -0.39 is 6.03 Å². The van der Waals surface area contributed by atoms with Gasteiger partial charge in [0.15, 0.2) is 0 Å². The number of primary amides is 1. The topological polar surface area (TPSA) is 104 Å². The van der Waals surface area contributed by atoms with Gasteiger partial charge in [-0.05, 0) is 24.6 Å². The summed E-state index contributed by atoms with van der Waals surface area (Å²) in [5.74, 6) is -0.244. The molecule has 0 saturated carbocycles. The second kappa shape index (κ2) is 6.61. The van der Waals surface area contributed by atoms with Gasteiger partial charge in [0.25, 0.3) is 5.91 Å².